The van der Waals surface area contributed by atoms with Crippen molar-refractivity contribution in [3.63, 3.8) is 0 Å². The van der Waals surface area contributed by atoms with E-state index in [-0.39, 0.29) is 0 Å². The molecular weight excluding hydrogens is 228 g/mol. The summed E-state index contributed by atoms with van der Waals surface area (Å²) in [6.07, 6.45) is 5.84. The van der Waals surface area contributed by atoms with Gasteiger partial charge >= 0.3 is 0 Å². The van der Waals surface area contributed by atoms with Gasteiger partial charge in [0.15, 0.2) is 0 Å². The Hall–Kier alpha value is -1.75. The van der Waals surface area contributed by atoms with E-state index in [0.29, 0.717) is 11.7 Å². The molecular formula is C13H16N4O. The molecule has 0 amide bonds. The molecule has 94 valence electrons. The van der Waals surface area contributed by atoms with Gasteiger partial charge in [-0.3, -0.25) is 4.98 Å². The third-order valence-electron chi connectivity index (χ3n) is 3.35. The van der Waals surface area contributed by atoms with Gasteiger partial charge in [0, 0.05) is 24.5 Å². The summed E-state index contributed by atoms with van der Waals surface area (Å²) in [6.45, 7) is 4.01. The first-order chi connectivity index (χ1) is 8.84. The van der Waals surface area contributed by atoms with Gasteiger partial charge in [-0.25, -0.2) is 0 Å². The van der Waals surface area contributed by atoms with Crippen LogP contribution in [0.15, 0.2) is 23.0 Å². The molecule has 0 aromatic carbocycles. The summed E-state index contributed by atoms with van der Waals surface area (Å²) in [7, 11) is 0. The van der Waals surface area contributed by atoms with E-state index in [2.05, 4.69) is 20.4 Å². The van der Waals surface area contributed by atoms with Crippen LogP contribution < -0.4 is 5.32 Å². The Bertz CT molecular complexity index is 531. The molecule has 0 bridgehead atoms. The highest BCUT2D eigenvalue weighted by atomic mass is 16.5. The molecule has 1 saturated heterocycles. The number of hydrogen-bond acceptors (Lipinski definition) is 5. The zero-order chi connectivity index (χ0) is 12.4. The maximum atomic E-state index is 5.39. The van der Waals surface area contributed by atoms with E-state index in [1.54, 1.807) is 6.20 Å². The Morgan fingerprint density at radius 2 is 2.39 bits per heavy atom. The van der Waals surface area contributed by atoms with Crippen molar-refractivity contribution in [2.75, 3.05) is 13.1 Å². The molecule has 2 aromatic heterocycles. The van der Waals surface area contributed by atoms with Crippen LogP contribution in [0.3, 0.4) is 0 Å². The van der Waals surface area contributed by atoms with Crippen molar-refractivity contribution < 1.29 is 4.52 Å². The molecule has 1 atom stereocenters. The van der Waals surface area contributed by atoms with Crippen molar-refractivity contribution >= 4 is 0 Å². The first-order valence-electron chi connectivity index (χ1n) is 6.30. The van der Waals surface area contributed by atoms with Crippen molar-refractivity contribution in [3.05, 3.63) is 29.9 Å². The fourth-order valence-electron chi connectivity index (χ4n) is 2.30. The molecule has 3 heterocycles. The number of pyridine rings is 1. The molecule has 2 aromatic rings. The maximum Gasteiger partial charge on any atom is 0.231 e. The average Bonchev–Trinajstić information content (AvgIpc) is 2.90. The molecule has 3 rings (SSSR count). The third-order valence-corrected chi connectivity index (χ3v) is 3.35. The molecule has 1 aliphatic rings. The second kappa shape index (κ2) is 4.86. The number of aryl methyl sites for hydroxylation is 1. The Morgan fingerprint density at radius 1 is 1.44 bits per heavy atom. The van der Waals surface area contributed by atoms with E-state index in [0.717, 1.165) is 42.9 Å². The van der Waals surface area contributed by atoms with Crippen LogP contribution in [0.4, 0.5) is 0 Å². The lowest BCUT2D eigenvalue weighted by atomic mass is 10.00. The first-order valence-corrected chi connectivity index (χ1v) is 6.30. The Balaban J connectivity index is 1.87. The topological polar surface area (TPSA) is 63.8 Å². The number of nitrogens with one attached hydrogen (secondary N) is 1. The molecule has 1 fully saturated rings. The van der Waals surface area contributed by atoms with Crippen molar-refractivity contribution in [1.82, 2.24) is 20.4 Å². The summed E-state index contributed by atoms with van der Waals surface area (Å²) in [5.41, 5.74) is 2.05. The van der Waals surface area contributed by atoms with Crippen LogP contribution in [-0.2, 0) is 0 Å². The number of hydrogen-bond donors (Lipinski definition) is 1. The van der Waals surface area contributed by atoms with Crippen LogP contribution in [0.25, 0.3) is 11.4 Å². The standard InChI is InChI=1S/C13H16N4O/c1-9-7-15-6-4-11(9)12-16-13(18-17-12)10-3-2-5-14-8-10/h4,6-7,10,14H,2-3,5,8H2,1H3/t10-/m0/s1. The lowest BCUT2D eigenvalue weighted by Gasteiger charge is -2.18. The quantitative estimate of drug-likeness (QED) is 0.874. The van der Waals surface area contributed by atoms with E-state index >= 15 is 0 Å². The second-order valence-electron chi connectivity index (χ2n) is 4.69. The predicted octanol–water partition coefficient (Wildman–Crippen LogP) is 1.91. The van der Waals surface area contributed by atoms with Gasteiger partial charge < -0.3 is 9.84 Å². The van der Waals surface area contributed by atoms with Crippen LogP contribution in [0.1, 0.15) is 30.2 Å². The molecule has 5 heteroatoms. The summed E-state index contributed by atoms with van der Waals surface area (Å²) in [6, 6.07) is 1.92. The van der Waals surface area contributed by atoms with Gasteiger partial charge in [0.25, 0.3) is 0 Å². The van der Waals surface area contributed by atoms with Crippen molar-refractivity contribution in [2.24, 2.45) is 0 Å². The van der Waals surface area contributed by atoms with Crippen molar-refractivity contribution in [2.45, 2.75) is 25.7 Å². The van der Waals surface area contributed by atoms with Crippen molar-refractivity contribution in [3.8, 4) is 11.4 Å². The highest BCUT2D eigenvalue weighted by Crippen LogP contribution is 2.25. The van der Waals surface area contributed by atoms with E-state index in [1.165, 1.54) is 0 Å². The van der Waals surface area contributed by atoms with Gasteiger partial charge in [0.2, 0.25) is 11.7 Å². The van der Waals surface area contributed by atoms with Crippen LogP contribution in [0, 0.1) is 6.92 Å². The maximum absolute atomic E-state index is 5.39. The SMILES string of the molecule is Cc1cnccc1-c1noc([C@H]2CCCNC2)n1. The summed E-state index contributed by atoms with van der Waals surface area (Å²) in [5, 5.41) is 7.44. The highest BCUT2D eigenvalue weighted by molar-refractivity contribution is 5.57. The van der Waals surface area contributed by atoms with Gasteiger partial charge in [0.1, 0.15) is 0 Å². The molecule has 1 N–H and O–H groups in total. The average molecular weight is 244 g/mol. The van der Waals surface area contributed by atoms with Crippen LogP contribution in [0.5, 0.6) is 0 Å². The summed E-state index contributed by atoms with van der Waals surface area (Å²) < 4.78 is 5.39. The molecule has 0 unspecified atom stereocenters. The largest absolute Gasteiger partial charge is 0.339 e. The van der Waals surface area contributed by atoms with E-state index in [4.69, 9.17) is 4.52 Å². The van der Waals surface area contributed by atoms with Gasteiger partial charge in [-0.05, 0) is 37.9 Å². The minimum absolute atomic E-state index is 0.349. The van der Waals surface area contributed by atoms with Crippen LogP contribution in [0.2, 0.25) is 0 Å². The summed E-state index contributed by atoms with van der Waals surface area (Å²) in [4.78, 5) is 8.59. The molecule has 0 radical (unpaired) electrons. The number of nitrogens with zero attached hydrogens (tertiary/aromatic N) is 3. The minimum atomic E-state index is 0.349. The smallest absolute Gasteiger partial charge is 0.231 e. The molecule has 18 heavy (non-hydrogen) atoms. The molecule has 1 aliphatic heterocycles. The van der Waals surface area contributed by atoms with Gasteiger partial charge in [-0.2, -0.15) is 4.98 Å². The lowest BCUT2D eigenvalue weighted by molar-refractivity contribution is 0.322. The van der Waals surface area contributed by atoms with Crippen LogP contribution >= 0.6 is 0 Å². The zero-order valence-electron chi connectivity index (χ0n) is 10.4. The first kappa shape index (κ1) is 11.3. The van der Waals surface area contributed by atoms with Gasteiger partial charge in [0.05, 0.1) is 5.92 Å². The highest BCUT2D eigenvalue weighted by Gasteiger charge is 2.21. The molecule has 0 saturated carbocycles. The third kappa shape index (κ3) is 2.13. The number of aromatic nitrogens is 3. The minimum Gasteiger partial charge on any atom is -0.339 e. The van der Waals surface area contributed by atoms with E-state index in [9.17, 15) is 0 Å². The van der Waals surface area contributed by atoms with Crippen LogP contribution in [-0.4, -0.2) is 28.2 Å². The molecule has 0 aliphatic carbocycles. The summed E-state index contributed by atoms with van der Waals surface area (Å²) in [5.74, 6) is 1.76. The second-order valence-corrected chi connectivity index (χ2v) is 4.69. The number of piperidine rings is 1. The Morgan fingerprint density at radius 3 is 3.17 bits per heavy atom. The fourth-order valence-corrected chi connectivity index (χ4v) is 2.30. The zero-order valence-corrected chi connectivity index (χ0v) is 10.4. The van der Waals surface area contributed by atoms with Gasteiger partial charge in [-0.1, -0.05) is 5.16 Å². The molecule has 5 nitrogen and oxygen atoms in total. The fraction of sp³-hybridized carbons (Fsp3) is 0.462. The number of rotatable bonds is 2. The van der Waals surface area contributed by atoms with E-state index in [1.807, 2.05) is 19.2 Å². The molecule has 0 spiro atoms. The summed E-state index contributed by atoms with van der Waals surface area (Å²) >= 11 is 0. The predicted molar refractivity (Wildman–Crippen MR) is 67.1 cm³/mol. The Kier molecular flexibility index (Phi) is 3.06. The van der Waals surface area contributed by atoms with E-state index < -0.39 is 0 Å². The monoisotopic (exact) mass is 244 g/mol. The van der Waals surface area contributed by atoms with Gasteiger partial charge in [-0.15, -0.1) is 0 Å². The lowest BCUT2D eigenvalue weighted by Crippen LogP contribution is -2.28. The normalized spacial score (nSPS) is 19.9. The van der Waals surface area contributed by atoms with Crippen molar-refractivity contribution in [1.29, 1.82) is 0 Å². The Labute approximate surface area is 106 Å².